The molecule has 0 fully saturated rings. The Kier molecular flexibility index (Phi) is 5.60. The summed E-state index contributed by atoms with van der Waals surface area (Å²) in [6.07, 6.45) is 3.09. The topological polar surface area (TPSA) is 42.2 Å². The highest BCUT2D eigenvalue weighted by atomic mass is 127. The van der Waals surface area contributed by atoms with Crippen LogP contribution in [0.5, 0.6) is 0 Å². The number of nitrogens with one attached hydrogen (secondary N) is 1. The average molecular weight is 464 g/mol. The van der Waals surface area contributed by atoms with Gasteiger partial charge in [0.1, 0.15) is 11.5 Å². The summed E-state index contributed by atoms with van der Waals surface area (Å²) in [5, 5.41) is 3.50. The molecular weight excluding hydrogens is 449 g/mol. The molecule has 0 atom stereocenters. The number of rotatable bonds is 4. The highest BCUT2D eigenvalue weighted by molar-refractivity contribution is 14.1. The summed E-state index contributed by atoms with van der Waals surface area (Å²) in [5.74, 6) is 1.10. The van der Waals surface area contributed by atoms with E-state index in [0.29, 0.717) is 16.5 Å². The number of halogens is 2. The molecular formula is C20H15ClINO2. The van der Waals surface area contributed by atoms with Crippen molar-refractivity contribution in [3.8, 4) is 11.3 Å². The third-order valence-electron chi connectivity index (χ3n) is 3.59. The molecule has 0 saturated heterocycles. The largest absolute Gasteiger partial charge is 0.457 e. The Balaban J connectivity index is 1.67. The molecule has 3 aromatic rings. The Morgan fingerprint density at radius 3 is 2.60 bits per heavy atom. The zero-order valence-corrected chi connectivity index (χ0v) is 16.3. The number of benzene rings is 2. The predicted octanol–water partition coefficient (Wildman–Crippen LogP) is 6.16. The van der Waals surface area contributed by atoms with Crippen LogP contribution in [-0.2, 0) is 4.79 Å². The van der Waals surface area contributed by atoms with Crippen LogP contribution in [0.2, 0.25) is 5.02 Å². The molecule has 2 aromatic carbocycles. The number of hydrogen-bond donors (Lipinski definition) is 1. The van der Waals surface area contributed by atoms with Crippen molar-refractivity contribution in [2.24, 2.45) is 0 Å². The molecule has 1 N–H and O–H groups in total. The summed E-state index contributed by atoms with van der Waals surface area (Å²) in [4.78, 5) is 12.0. The van der Waals surface area contributed by atoms with Crippen molar-refractivity contribution >= 4 is 51.9 Å². The van der Waals surface area contributed by atoms with Crippen LogP contribution in [0.1, 0.15) is 11.3 Å². The second-order valence-corrected chi connectivity index (χ2v) is 7.15. The average Bonchev–Trinajstić information content (AvgIpc) is 3.07. The summed E-state index contributed by atoms with van der Waals surface area (Å²) in [5.41, 5.74) is 2.67. The normalized spacial score (nSPS) is 11.0. The second kappa shape index (κ2) is 7.89. The van der Waals surface area contributed by atoms with Crippen LogP contribution < -0.4 is 5.32 Å². The molecule has 0 aliphatic carbocycles. The zero-order chi connectivity index (χ0) is 17.8. The van der Waals surface area contributed by atoms with E-state index < -0.39 is 0 Å². The lowest BCUT2D eigenvalue weighted by molar-refractivity contribution is -0.111. The zero-order valence-electron chi connectivity index (χ0n) is 13.4. The Morgan fingerprint density at radius 1 is 1.12 bits per heavy atom. The number of amides is 1. The van der Waals surface area contributed by atoms with E-state index in [4.69, 9.17) is 16.0 Å². The molecule has 0 aliphatic heterocycles. The number of furan rings is 1. The van der Waals surface area contributed by atoms with Crippen molar-refractivity contribution in [3.63, 3.8) is 0 Å². The van der Waals surface area contributed by atoms with Gasteiger partial charge in [0, 0.05) is 25.9 Å². The molecule has 25 heavy (non-hydrogen) atoms. The van der Waals surface area contributed by atoms with Crippen molar-refractivity contribution < 1.29 is 9.21 Å². The standard InChI is InChI=1S/C20H15ClINO2/c1-13-2-3-14(12-18(13)21)19-10-8-17(25-19)9-11-20(24)23-16-6-4-15(22)5-7-16/h2-12H,1H3,(H,23,24)/b11-9+. The molecule has 3 rings (SSSR count). The van der Waals surface area contributed by atoms with Crippen LogP contribution in [-0.4, -0.2) is 5.91 Å². The Hall–Kier alpha value is -2.05. The van der Waals surface area contributed by atoms with Gasteiger partial charge in [0.2, 0.25) is 5.91 Å². The number of carbonyl (C=O) groups excluding carboxylic acids is 1. The van der Waals surface area contributed by atoms with Crippen LogP contribution in [0.25, 0.3) is 17.4 Å². The van der Waals surface area contributed by atoms with Crippen molar-refractivity contribution in [1.82, 2.24) is 0 Å². The van der Waals surface area contributed by atoms with E-state index in [0.717, 1.165) is 20.4 Å². The highest BCUT2D eigenvalue weighted by Crippen LogP contribution is 2.27. The molecule has 3 nitrogen and oxygen atoms in total. The minimum Gasteiger partial charge on any atom is -0.457 e. The van der Waals surface area contributed by atoms with Crippen LogP contribution in [0, 0.1) is 10.5 Å². The van der Waals surface area contributed by atoms with E-state index in [9.17, 15) is 4.79 Å². The third kappa shape index (κ3) is 4.74. The molecule has 0 saturated carbocycles. The summed E-state index contributed by atoms with van der Waals surface area (Å²) >= 11 is 8.37. The smallest absolute Gasteiger partial charge is 0.248 e. The minimum atomic E-state index is -0.211. The fourth-order valence-electron chi connectivity index (χ4n) is 2.22. The van der Waals surface area contributed by atoms with Gasteiger partial charge in [-0.3, -0.25) is 4.79 Å². The fraction of sp³-hybridized carbons (Fsp3) is 0.0500. The highest BCUT2D eigenvalue weighted by Gasteiger charge is 2.06. The van der Waals surface area contributed by atoms with Crippen molar-refractivity contribution in [1.29, 1.82) is 0 Å². The van der Waals surface area contributed by atoms with Gasteiger partial charge in [0.15, 0.2) is 0 Å². The van der Waals surface area contributed by atoms with E-state index in [2.05, 4.69) is 27.9 Å². The number of aryl methyl sites for hydroxylation is 1. The SMILES string of the molecule is Cc1ccc(-c2ccc(/C=C/C(=O)Nc3ccc(I)cc3)o2)cc1Cl. The first-order valence-corrected chi connectivity index (χ1v) is 9.08. The lowest BCUT2D eigenvalue weighted by atomic mass is 10.1. The quantitative estimate of drug-likeness (QED) is 0.372. The van der Waals surface area contributed by atoms with E-state index in [1.165, 1.54) is 6.08 Å². The molecule has 0 radical (unpaired) electrons. The molecule has 0 unspecified atom stereocenters. The fourth-order valence-corrected chi connectivity index (χ4v) is 2.76. The predicted molar refractivity (Wildman–Crippen MR) is 111 cm³/mol. The second-order valence-electron chi connectivity index (χ2n) is 5.50. The van der Waals surface area contributed by atoms with Gasteiger partial charge >= 0.3 is 0 Å². The first-order chi connectivity index (χ1) is 12.0. The van der Waals surface area contributed by atoms with E-state index in [1.54, 1.807) is 6.08 Å². The van der Waals surface area contributed by atoms with Crippen molar-refractivity contribution in [3.05, 3.63) is 80.6 Å². The lowest BCUT2D eigenvalue weighted by Crippen LogP contribution is -2.07. The molecule has 126 valence electrons. The van der Waals surface area contributed by atoms with Gasteiger partial charge in [-0.1, -0.05) is 23.7 Å². The maximum absolute atomic E-state index is 12.0. The summed E-state index contributed by atoms with van der Waals surface area (Å²) < 4.78 is 6.87. The van der Waals surface area contributed by atoms with Crippen LogP contribution in [0.3, 0.4) is 0 Å². The van der Waals surface area contributed by atoms with Gasteiger partial charge in [0.05, 0.1) is 0 Å². The summed E-state index contributed by atoms with van der Waals surface area (Å²) in [6.45, 7) is 1.95. The van der Waals surface area contributed by atoms with Crippen molar-refractivity contribution in [2.75, 3.05) is 5.32 Å². The van der Waals surface area contributed by atoms with Gasteiger partial charge in [-0.05, 0) is 83.6 Å². The van der Waals surface area contributed by atoms with E-state index in [-0.39, 0.29) is 5.91 Å². The van der Waals surface area contributed by atoms with E-state index in [1.807, 2.05) is 61.5 Å². The first-order valence-electron chi connectivity index (χ1n) is 7.62. The maximum Gasteiger partial charge on any atom is 0.248 e. The first kappa shape index (κ1) is 17.8. The third-order valence-corrected chi connectivity index (χ3v) is 4.72. The van der Waals surface area contributed by atoms with Gasteiger partial charge in [-0.15, -0.1) is 0 Å². The molecule has 1 amide bonds. The Labute approximate surface area is 164 Å². The molecule has 1 heterocycles. The number of hydrogen-bond acceptors (Lipinski definition) is 2. The summed E-state index contributed by atoms with van der Waals surface area (Å²) in [7, 11) is 0. The molecule has 0 aliphatic rings. The molecule has 0 spiro atoms. The van der Waals surface area contributed by atoms with Crippen LogP contribution in [0.4, 0.5) is 5.69 Å². The van der Waals surface area contributed by atoms with Gasteiger partial charge < -0.3 is 9.73 Å². The van der Waals surface area contributed by atoms with Crippen LogP contribution >= 0.6 is 34.2 Å². The van der Waals surface area contributed by atoms with Crippen molar-refractivity contribution in [2.45, 2.75) is 6.92 Å². The molecule has 5 heteroatoms. The minimum absolute atomic E-state index is 0.211. The molecule has 1 aromatic heterocycles. The van der Waals surface area contributed by atoms with E-state index >= 15 is 0 Å². The number of carbonyl (C=O) groups is 1. The van der Waals surface area contributed by atoms with Gasteiger partial charge in [-0.2, -0.15) is 0 Å². The van der Waals surface area contributed by atoms with Gasteiger partial charge in [0.25, 0.3) is 0 Å². The Bertz CT molecular complexity index is 929. The monoisotopic (exact) mass is 463 g/mol. The van der Waals surface area contributed by atoms with Crippen LogP contribution in [0.15, 0.2) is 65.1 Å². The van der Waals surface area contributed by atoms with Gasteiger partial charge in [-0.25, -0.2) is 0 Å². The summed E-state index contributed by atoms with van der Waals surface area (Å²) in [6, 6.07) is 17.0. The Morgan fingerprint density at radius 2 is 1.88 bits per heavy atom. The lowest BCUT2D eigenvalue weighted by Gasteiger charge is -2.01. The number of anilines is 1. The maximum atomic E-state index is 12.0. The molecule has 0 bridgehead atoms.